The summed E-state index contributed by atoms with van der Waals surface area (Å²) < 4.78 is 37.4. The fourth-order valence-corrected chi connectivity index (χ4v) is 5.18. The minimum absolute atomic E-state index is 0.0564. The van der Waals surface area contributed by atoms with Crippen molar-refractivity contribution in [3.63, 3.8) is 0 Å². The van der Waals surface area contributed by atoms with Crippen LogP contribution in [0.1, 0.15) is 18.4 Å². The molecule has 1 atom stereocenters. The van der Waals surface area contributed by atoms with E-state index in [1.165, 1.54) is 38.5 Å². The van der Waals surface area contributed by atoms with Crippen LogP contribution >= 0.6 is 11.6 Å². The van der Waals surface area contributed by atoms with Crippen LogP contribution in [-0.4, -0.2) is 44.8 Å². The SMILES string of the molecule is COc1ccc(S(=O)(=O)N2C(=O)CC[C@H]2C(=O)Nc2cc(Cl)ccc2OC)cc1C. The van der Waals surface area contributed by atoms with E-state index in [1.807, 2.05) is 0 Å². The predicted octanol–water partition coefficient (Wildman–Crippen LogP) is 2.98. The van der Waals surface area contributed by atoms with Crippen LogP contribution in [0.3, 0.4) is 0 Å². The van der Waals surface area contributed by atoms with Crippen molar-refractivity contribution in [1.82, 2.24) is 4.31 Å². The third kappa shape index (κ3) is 4.08. The Labute approximate surface area is 179 Å². The standard InChI is InChI=1S/C20H21ClN2O6S/c1-12-10-14(5-8-17(12)28-2)30(26,27)23-16(6-9-19(23)24)20(25)22-15-11-13(21)4-7-18(15)29-3/h4-5,7-8,10-11,16H,6,9H2,1-3H3,(H,22,25)/t16-/m0/s1. The Bertz CT molecular complexity index is 1100. The highest BCUT2D eigenvalue weighted by Crippen LogP contribution is 2.32. The van der Waals surface area contributed by atoms with Crippen LogP contribution in [0.25, 0.3) is 0 Å². The molecule has 1 aliphatic rings. The quantitative estimate of drug-likeness (QED) is 0.722. The van der Waals surface area contributed by atoms with E-state index >= 15 is 0 Å². The monoisotopic (exact) mass is 452 g/mol. The number of sulfonamides is 1. The summed E-state index contributed by atoms with van der Waals surface area (Å²) in [5, 5.41) is 2.99. The van der Waals surface area contributed by atoms with Crippen molar-refractivity contribution < 1.29 is 27.5 Å². The number of nitrogens with zero attached hydrogens (tertiary/aromatic N) is 1. The fourth-order valence-electron chi connectivity index (χ4n) is 3.32. The number of hydrogen-bond donors (Lipinski definition) is 1. The van der Waals surface area contributed by atoms with Crippen LogP contribution < -0.4 is 14.8 Å². The number of aryl methyl sites for hydroxylation is 1. The summed E-state index contributed by atoms with van der Waals surface area (Å²) in [6.07, 6.45) is 0.0149. The summed E-state index contributed by atoms with van der Waals surface area (Å²) in [7, 11) is -1.33. The number of nitrogens with one attached hydrogen (secondary N) is 1. The summed E-state index contributed by atoms with van der Waals surface area (Å²) in [6, 6.07) is 7.74. The van der Waals surface area contributed by atoms with Gasteiger partial charge in [0.25, 0.3) is 10.0 Å². The number of carbonyl (C=O) groups excluding carboxylic acids is 2. The molecule has 0 radical (unpaired) electrons. The lowest BCUT2D eigenvalue weighted by atomic mass is 10.2. The lowest BCUT2D eigenvalue weighted by molar-refractivity contribution is -0.128. The van der Waals surface area contributed by atoms with Gasteiger partial charge in [-0.05, 0) is 55.3 Å². The molecule has 1 N–H and O–H groups in total. The van der Waals surface area contributed by atoms with Crippen LogP contribution in [0.4, 0.5) is 5.69 Å². The van der Waals surface area contributed by atoms with Crippen molar-refractivity contribution in [3.8, 4) is 11.5 Å². The van der Waals surface area contributed by atoms with Gasteiger partial charge in [0.1, 0.15) is 17.5 Å². The largest absolute Gasteiger partial charge is 0.496 e. The second-order valence-electron chi connectivity index (χ2n) is 6.71. The molecule has 2 amide bonds. The molecule has 0 unspecified atom stereocenters. The minimum Gasteiger partial charge on any atom is -0.496 e. The first-order valence-electron chi connectivity index (χ1n) is 9.05. The number of hydrogen-bond acceptors (Lipinski definition) is 6. The van der Waals surface area contributed by atoms with E-state index in [1.54, 1.807) is 19.1 Å². The summed E-state index contributed by atoms with van der Waals surface area (Å²) in [4.78, 5) is 25.3. The van der Waals surface area contributed by atoms with E-state index < -0.39 is 27.9 Å². The van der Waals surface area contributed by atoms with Gasteiger partial charge in [-0.15, -0.1) is 0 Å². The topological polar surface area (TPSA) is 102 Å². The lowest BCUT2D eigenvalue weighted by Crippen LogP contribution is -2.45. The number of ether oxygens (including phenoxy) is 2. The van der Waals surface area contributed by atoms with Crippen molar-refractivity contribution >= 4 is 39.1 Å². The molecule has 10 heteroatoms. The van der Waals surface area contributed by atoms with Gasteiger partial charge in [0.15, 0.2) is 0 Å². The summed E-state index contributed by atoms with van der Waals surface area (Å²) in [6.45, 7) is 1.69. The average Bonchev–Trinajstić information content (AvgIpc) is 3.10. The second-order valence-corrected chi connectivity index (χ2v) is 8.97. The zero-order chi connectivity index (χ0) is 22.1. The van der Waals surface area contributed by atoms with Gasteiger partial charge in [-0.3, -0.25) is 9.59 Å². The van der Waals surface area contributed by atoms with Gasteiger partial charge >= 0.3 is 0 Å². The summed E-state index contributed by atoms with van der Waals surface area (Å²) >= 11 is 5.98. The van der Waals surface area contributed by atoms with Gasteiger partial charge in [-0.1, -0.05) is 11.6 Å². The highest BCUT2D eigenvalue weighted by Gasteiger charge is 2.44. The van der Waals surface area contributed by atoms with Crippen LogP contribution in [0, 0.1) is 6.92 Å². The zero-order valence-electron chi connectivity index (χ0n) is 16.6. The molecular weight excluding hydrogens is 432 g/mol. The van der Waals surface area contributed by atoms with Crippen LogP contribution in [0.5, 0.6) is 11.5 Å². The van der Waals surface area contributed by atoms with Crippen molar-refractivity contribution in [2.24, 2.45) is 0 Å². The maximum atomic E-state index is 13.2. The Hall–Kier alpha value is -2.78. The maximum Gasteiger partial charge on any atom is 0.267 e. The van der Waals surface area contributed by atoms with E-state index in [9.17, 15) is 18.0 Å². The number of methoxy groups -OCH3 is 2. The Morgan fingerprint density at radius 1 is 1.13 bits per heavy atom. The van der Waals surface area contributed by atoms with E-state index in [0.29, 0.717) is 26.4 Å². The van der Waals surface area contributed by atoms with Crippen molar-refractivity contribution in [2.45, 2.75) is 30.7 Å². The number of anilines is 1. The molecule has 2 aromatic rings. The molecule has 0 bridgehead atoms. The molecule has 1 heterocycles. The summed E-state index contributed by atoms with van der Waals surface area (Å²) in [5.41, 5.74) is 0.877. The molecule has 3 rings (SSSR count). The molecule has 160 valence electrons. The van der Waals surface area contributed by atoms with Crippen molar-refractivity contribution in [3.05, 3.63) is 47.0 Å². The number of benzene rings is 2. The molecule has 1 aliphatic heterocycles. The van der Waals surface area contributed by atoms with Crippen LogP contribution in [-0.2, 0) is 19.6 Å². The minimum atomic E-state index is -4.24. The van der Waals surface area contributed by atoms with Gasteiger partial charge in [-0.25, -0.2) is 12.7 Å². The smallest absolute Gasteiger partial charge is 0.267 e. The number of halogens is 1. The van der Waals surface area contributed by atoms with Gasteiger partial charge in [0, 0.05) is 11.4 Å². The Kier molecular flexibility index (Phi) is 6.23. The number of carbonyl (C=O) groups is 2. The second kappa shape index (κ2) is 8.53. The first kappa shape index (κ1) is 21.9. The molecule has 0 saturated carbocycles. The molecule has 30 heavy (non-hydrogen) atoms. The molecular formula is C20H21ClN2O6S. The van der Waals surface area contributed by atoms with Crippen LogP contribution in [0.15, 0.2) is 41.3 Å². The van der Waals surface area contributed by atoms with Gasteiger partial charge in [0.05, 0.1) is 24.8 Å². The van der Waals surface area contributed by atoms with E-state index in [4.69, 9.17) is 21.1 Å². The third-order valence-corrected chi connectivity index (χ3v) is 6.87. The first-order chi connectivity index (χ1) is 14.2. The fraction of sp³-hybridized carbons (Fsp3) is 0.300. The van der Waals surface area contributed by atoms with E-state index in [-0.39, 0.29) is 23.4 Å². The Morgan fingerprint density at radius 2 is 1.80 bits per heavy atom. The third-order valence-electron chi connectivity index (χ3n) is 4.81. The van der Waals surface area contributed by atoms with Crippen molar-refractivity contribution in [2.75, 3.05) is 19.5 Å². The molecule has 1 saturated heterocycles. The number of amides is 2. The van der Waals surface area contributed by atoms with E-state index in [2.05, 4.69) is 5.32 Å². The Balaban J connectivity index is 1.93. The predicted molar refractivity (Wildman–Crippen MR) is 111 cm³/mol. The lowest BCUT2D eigenvalue weighted by Gasteiger charge is -2.24. The van der Waals surface area contributed by atoms with E-state index in [0.717, 1.165) is 0 Å². The molecule has 0 spiro atoms. The molecule has 0 aromatic heterocycles. The highest BCUT2D eigenvalue weighted by molar-refractivity contribution is 7.89. The first-order valence-corrected chi connectivity index (χ1v) is 10.9. The molecule has 8 nitrogen and oxygen atoms in total. The van der Waals surface area contributed by atoms with Gasteiger partial charge in [-0.2, -0.15) is 0 Å². The molecule has 2 aromatic carbocycles. The molecule has 1 fully saturated rings. The van der Waals surface area contributed by atoms with Gasteiger partial charge in [0.2, 0.25) is 11.8 Å². The van der Waals surface area contributed by atoms with Gasteiger partial charge < -0.3 is 14.8 Å². The molecule has 0 aliphatic carbocycles. The maximum absolute atomic E-state index is 13.2. The summed E-state index contributed by atoms with van der Waals surface area (Å²) in [5.74, 6) is -0.404. The van der Waals surface area contributed by atoms with Crippen molar-refractivity contribution in [1.29, 1.82) is 0 Å². The normalized spacial score (nSPS) is 16.5. The highest BCUT2D eigenvalue weighted by atomic mass is 35.5. The number of rotatable bonds is 6. The zero-order valence-corrected chi connectivity index (χ0v) is 18.2. The Morgan fingerprint density at radius 3 is 2.43 bits per heavy atom. The average molecular weight is 453 g/mol. The van der Waals surface area contributed by atoms with Crippen LogP contribution in [0.2, 0.25) is 5.02 Å².